The van der Waals surface area contributed by atoms with Crippen LogP contribution in [0.15, 0.2) is 48.5 Å². The van der Waals surface area contributed by atoms with E-state index in [0.717, 1.165) is 6.54 Å². The molecule has 7 heteroatoms. The molecule has 0 saturated carbocycles. The zero-order chi connectivity index (χ0) is 17.4. The zero-order valence-electron chi connectivity index (χ0n) is 13.0. The Morgan fingerprint density at radius 1 is 0.958 bits per heavy atom. The number of nitrogens with one attached hydrogen (secondary N) is 1. The second-order valence-corrected chi connectivity index (χ2v) is 5.43. The van der Waals surface area contributed by atoms with Crippen LogP contribution in [0, 0.1) is 0 Å². The van der Waals surface area contributed by atoms with Crippen LogP contribution < -0.4 is 13.0 Å². The van der Waals surface area contributed by atoms with Crippen molar-refractivity contribution >= 4 is 34.8 Å². The van der Waals surface area contributed by atoms with Gasteiger partial charge in [-0.3, -0.25) is 8.32 Å². The lowest BCUT2D eigenvalue weighted by Crippen LogP contribution is -2.11. The van der Waals surface area contributed by atoms with Gasteiger partial charge < -0.3 is 14.2 Å². The monoisotopic (exact) mass is 441 g/mol. The third-order valence-electron chi connectivity index (χ3n) is 3.07. The molecule has 0 fully saturated rings. The van der Waals surface area contributed by atoms with Crippen molar-refractivity contribution in [2.24, 2.45) is 0 Å². The van der Waals surface area contributed by atoms with Gasteiger partial charge in [-0.2, -0.15) is 0 Å². The summed E-state index contributed by atoms with van der Waals surface area (Å²) in [5.74, 6) is 0.895. The molecule has 0 aliphatic carbocycles. The SMILES string of the molecule is COC(=O)Oc1ccc(C(=O)c2ccc(OCCNI)cc2)cc1. The van der Waals surface area contributed by atoms with E-state index in [1.54, 1.807) is 48.5 Å². The number of carbonyl (C=O) groups is 2. The van der Waals surface area contributed by atoms with Gasteiger partial charge in [0.25, 0.3) is 0 Å². The molecule has 2 aromatic carbocycles. The fourth-order valence-electron chi connectivity index (χ4n) is 1.89. The van der Waals surface area contributed by atoms with E-state index in [4.69, 9.17) is 9.47 Å². The van der Waals surface area contributed by atoms with Crippen LogP contribution in [0.25, 0.3) is 0 Å². The molecule has 0 unspecified atom stereocenters. The van der Waals surface area contributed by atoms with E-state index < -0.39 is 6.16 Å². The van der Waals surface area contributed by atoms with E-state index in [-0.39, 0.29) is 5.78 Å². The predicted octanol–water partition coefficient (Wildman–Crippen LogP) is 3.38. The normalized spacial score (nSPS) is 10.1. The van der Waals surface area contributed by atoms with Crippen molar-refractivity contribution in [1.82, 2.24) is 3.53 Å². The Balaban J connectivity index is 2.01. The Morgan fingerprint density at radius 3 is 2.00 bits per heavy atom. The van der Waals surface area contributed by atoms with Crippen molar-refractivity contribution in [3.8, 4) is 11.5 Å². The highest BCUT2D eigenvalue weighted by atomic mass is 127. The third kappa shape index (κ3) is 5.20. The zero-order valence-corrected chi connectivity index (χ0v) is 15.1. The summed E-state index contributed by atoms with van der Waals surface area (Å²) in [6, 6.07) is 13.2. The third-order valence-corrected chi connectivity index (χ3v) is 3.61. The van der Waals surface area contributed by atoms with E-state index in [1.165, 1.54) is 7.11 Å². The molecule has 2 aromatic rings. The summed E-state index contributed by atoms with van der Waals surface area (Å²) < 4.78 is 17.7. The van der Waals surface area contributed by atoms with Gasteiger partial charge in [-0.1, -0.05) is 0 Å². The number of carbonyl (C=O) groups excluding carboxylic acids is 2. The van der Waals surface area contributed by atoms with Gasteiger partial charge in [0, 0.05) is 40.5 Å². The first kappa shape index (κ1) is 18.2. The van der Waals surface area contributed by atoms with Gasteiger partial charge in [0.2, 0.25) is 0 Å². The standard InChI is InChI=1S/C17H16INO5/c1-22-17(21)24-15-8-4-13(5-9-15)16(20)12-2-6-14(7-3-12)23-11-10-19-18/h2-9,19H,10-11H2,1H3. The van der Waals surface area contributed by atoms with E-state index in [1.807, 2.05) is 0 Å². The highest BCUT2D eigenvalue weighted by molar-refractivity contribution is 14.1. The molecule has 0 spiro atoms. The van der Waals surface area contributed by atoms with Crippen LogP contribution in [0.1, 0.15) is 15.9 Å². The largest absolute Gasteiger partial charge is 0.513 e. The van der Waals surface area contributed by atoms with Gasteiger partial charge in [0.05, 0.1) is 7.11 Å². The number of hydrogen-bond donors (Lipinski definition) is 1. The molecule has 1 N–H and O–H groups in total. The van der Waals surface area contributed by atoms with Crippen LogP contribution in [-0.4, -0.2) is 32.2 Å². The highest BCUT2D eigenvalue weighted by Gasteiger charge is 2.10. The van der Waals surface area contributed by atoms with E-state index in [9.17, 15) is 9.59 Å². The highest BCUT2D eigenvalue weighted by Crippen LogP contribution is 2.18. The maximum Gasteiger partial charge on any atom is 0.513 e. The Labute approximate surface area is 153 Å². The summed E-state index contributed by atoms with van der Waals surface area (Å²) in [7, 11) is 1.23. The second kappa shape index (κ2) is 9.24. The molecular formula is C17H16INO5. The molecule has 0 aromatic heterocycles. The summed E-state index contributed by atoms with van der Waals surface area (Å²) in [6.45, 7) is 1.29. The van der Waals surface area contributed by atoms with Gasteiger partial charge >= 0.3 is 6.16 Å². The number of halogens is 1. The molecule has 0 radical (unpaired) electrons. The smallest absolute Gasteiger partial charge is 0.492 e. The number of ketones is 1. The van der Waals surface area contributed by atoms with Gasteiger partial charge in [-0.25, -0.2) is 4.79 Å². The van der Waals surface area contributed by atoms with Crippen LogP contribution in [0.2, 0.25) is 0 Å². The van der Waals surface area contributed by atoms with Crippen molar-refractivity contribution in [2.45, 2.75) is 0 Å². The first-order chi connectivity index (χ1) is 11.6. The van der Waals surface area contributed by atoms with Crippen molar-refractivity contribution < 1.29 is 23.8 Å². The lowest BCUT2D eigenvalue weighted by Gasteiger charge is -2.07. The lowest BCUT2D eigenvalue weighted by atomic mass is 10.0. The number of rotatable bonds is 7. The average molecular weight is 441 g/mol. The minimum Gasteiger partial charge on any atom is -0.492 e. The van der Waals surface area contributed by atoms with Crippen molar-refractivity contribution in [2.75, 3.05) is 20.3 Å². The summed E-state index contributed by atoms with van der Waals surface area (Å²) in [5.41, 5.74) is 1.05. The molecule has 0 saturated heterocycles. The van der Waals surface area contributed by atoms with Crippen LogP contribution in [0.5, 0.6) is 11.5 Å². The number of ether oxygens (including phenoxy) is 3. The fraction of sp³-hybridized carbons (Fsp3) is 0.176. The molecule has 6 nitrogen and oxygen atoms in total. The van der Waals surface area contributed by atoms with Crippen LogP contribution in [-0.2, 0) is 4.74 Å². The van der Waals surface area contributed by atoms with Gasteiger partial charge in [-0.05, 0) is 48.5 Å². The molecule has 126 valence electrons. The van der Waals surface area contributed by atoms with E-state index in [2.05, 4.69) is 31.1 Å². The van der Waals surface area contributed by atoms with E-state index in [0.29, 0.717) is 29.2 Å². The molecule has 0 bridgehead atoms. The topological polar surface area (TPSA) is 73.9 Å². The van der Waals surface area contributed by atoms with Crippen molar-refractivity contribution in [1.29, 1.82) is 0 Å². The maximum absolute atomic E-state index is 12.4. The van der Waals surface area contributed by atoms with Crippen LogP contribution in [0.3, 0.4) is 0 Å². The minimum absolute atomic E-state index is 0.125. The van der Waals surface area contributed by atoms with Crippen LogP contribution in [0.4, 0.5) is 4.79 Å². The van der Waals surface area contributed by atoms with Gasteiger partial charge in [0.1, 0.15) is 18.1 Å². The quantitative estimate of drug-likeness (QED) is 0.177. The molecule has 0 atom stereocenters. The molecule has 0 amide bonds. The molecule has 0 aliphatic heterocycles. The Hall–Kier alpha value is -2.13. The number of benzene rings is 2. The van der Waals surface area contributed by atoms with E-state index >= 15 is 0 Å². The Bertz CT molecular complexity index is 685. The maximum atomic E-state index is 12.4. The summed E-state index contributed by atoms with van der Waals surface area (Å²) >= 11 is 2.05. The number of hydrogen-bond acceptors (Lipinski definition) is 6. The fourth-order valence-corrected chi connectivity index (χ4v) is 2.11. The van der Waals surface area contributed by atoms with Gasteiger partial charge in [-0.15, -0.1) is 0 Å². The Kier molecular flexibility index (Phi) is 7.01. The van der Waals surface area contributed by atoms with Crippen molar-refractivity contribution in [3.05, 3.63) is 59.7 Å². The lowest BCUT2D eigenvalue weighted by molar-refractivity contribution is 0.103. The minimum atomic E-state index is -0.803. The first-order valence-corrected chi connectivity index (χ1v) is 8.19. The summed E-state index contributed by atoms with van der Waals surface area (Å²) in [4.78, 5) is 23.4. The predicted molar refractivity (Wildman–Crippen MR) is 96.9 cm³/mol. The average Bonchev–Trinajstić information content (AvgIpc) is 2.62. The molecule has 24 heavy (non-hydrogen) atoms. The van der Waals surface area contributed by atoms with Crippen LogP contribution >= 0.6 is 22.9 Å². The van der Waals surface area contributed by atoms with Gasteiger partial charge in [0.15, 0.2) is 5.78 Å². The first-order valence-electron chi connectivity index (χ1n) is 7.11. The number of methoxy groups -OCH3 is 1. The second-order valence-electron chi connectivity index (χ2n) is 4.67. The molecular weight excluding hydrogens is 425 g/mol. The summed E-state index contributed by atoms with van der Waals surface area (Å²) in [5, 5.41) is 0. The van der Waals surface area contributed by atoms with Crippen molar-refractivity contribution in [3.63, 3.8) is 0 Å². The molecule has 2 rings (SSSR count). The summed E-state index contributed by atoms with van der Waals surface area (Å²) in [6.07, 6.45) is -0.803. The molecule has 0 heterocycles. The molecule has 0 aliphatic rings. The Morgan fingerprint density at radius 2 is 1.50 bits per heavy atom.